The fraction of sp³-hybridized carbons (Fsp3) is 0. The summed E-state index contributed by atoms with van der Waals surface area (Å²) in [7, 11) is 0. The topological polar surface area (TPSA) is 76.2 Å². The van der Waals surface area contributed by atoms with Gasteiger partial charge in [-0.2, -0.15) is 0 Å². The summed E-state index contributed by atoms with van der Waals surface area (Å²) in [5, 5.41) is 9.59. The molecule has 2 aromatic rings. The number of anilines is 1. The number of nitrogen functional groups attached to an aromatic ring is 1. The van der Waals surface area contributed by atoms with Crippen molar-refractivity contribution in [2.45, 2.75) is 0 Å². The van der Waals surface area contributed by atoms with Crippen molar-refractivity contribution < 1.29 is 9.90 Å². The SMILES string of the molecule is Nc1cnc2cc(C(=O)O)ccc2c1. The molecular formula is C10H8N2O2. The zero-order valence-corrected chi connectivity index (χ0v) is 7.27. The van der Waals surface area contributed by atoms with Crippen LogP contribution in [0, 0.1) is 0 Å². The third-order valence-corrected chi connectivity index (χ3v) is 1.95. The van der Waals surface area contributed by atoms with Crippen molar-refractivity contribution in [3.8, 4) is 0 Å². The highest BCUT2D eigenvalue weighted by Gasteiger charge is 2.03. The molecule has 0 saturated carbocycles. The van der Waals surface area contributed by atoms with Gasteiger partial charge in [0.05, 0.1) is 23.0 Å². The van der Waals surface area contributed by atoms with Crippen molar-refractivity contribution >= 4 is 22.6 Å². The average molecular weight is 188 g/mol. The van der Waals surface area contributed by atoms with Crippen molar-refractivity contribution in [2.24, 2.45) is 0 Å². The van der Waals surface area contributed by atoms with E-state index in [0.717, 1.165) is 5.39 Å². The summed E-state index contributed by atoms with van der Waals surface area (Å²) in [5.41, 5.74) is 6.98. The molecule has 0 spiro atoms. The summed E-state index contributed by atoms with van der Waals surface area (Å²) in [6.07, 6.45) is 1.51. The molecule has 4 heteroatoms. The maximum Gasteiger partial charge on any atom is 0.335 e. The van der Waals surface area contributed by atoms with Gasteiger partial charge in [0.1, 0.15) is 0 Å². The maximum absolute atomic E-state index is 10.7. The zero-order chi connectivity index (χ0) is 10.1. The van der Waals surface area contributed by atoms with E-state index < -0.39 is 5.97 Å². The van der Waals surface area contributed by atoms with Crippen molar-refractivity contribution in [1.82, 2.24) is 4.98 Å². The average Bonchev–Trinajstić information content (AvgIpc) is 2.16. The first-order chi connectivity index (χ1) is 6.66. The number of pyridine rings is 1. The largest absolute Gasteiger partial charge is 0.478 e. The number of hydrogen-bond donors (Lipinski definition) is 2. The van der Waals surface area contributed by atoms with Crippen molar-refractivity contribution in [2.75, 3.05) is 5.73 Å². The Hall–Kier alpha value is -2.10. The molecule has 0 fully saturated rings. The number of hydrogen-bond acceptors (Lipinski definition) is 3. The highest BCUT2D eigenvalue weighted by molar-refractivity contribution is 5.93. The molecule has 0 aliphatic heterocycles. The second kappa shape index (κ2) is 2.99. The molecule has 0 saturated heterocycles. The number of nitrogens with two attached hydrogens (primary N) is 1. The second-order valence-electron chi connectivity index (χ2n) is 2.98. The molecule has 1 aromatic carbocycles. The summed E-state index contributed by atoms with van der Waals surface area (Å²) in [6, 6.07) is 6.51. The predicted octanol–water partition coefficient (Wildman–Crippen LogP) is 1.52. The minimum Gasteiger partial charge on any atom is -0.478 e. The van der Waals surface area contributed by atoms with Gasteiger partial charge < -0.3 is 10.8 Å². The quantitative estimate of drug-likeness (QED) is 0.711. The Morgan fingerprint density at radius 3 is 2.86 bits per heavy atom. The molecule has 14 heavy (non-hydrogen) atoms. The van der Waals surface area contributed by atoms with Gasteiger partial charge in [-0.1, -0.05) is 6.07 Å². The monoisotopic (exact) mass is 188 g/mol. The number of aromatic nitrogens is 1. The van der Waals surface area contributed by atoms with Crippen LogP contribution < -0.4 is 5.73 Å². The van der Waals surface area contributed by atoms with E-state index in [1.54, 1.807) is 12.1 Å². The predicted molar refractivity (Wildman–Crippen MR) is 53.1 cm³/mol. The normalized spacial score (nSPS) is 10.3. The Kier molecular flexibility index (Phi) is 1.81. The van der Waals surface area contributed by atoms with Crippen LogP contribution in [0.25, 0.3) is 10.9 Å². The van der Waals surface area contributed by atoms with E-state index in [0.29, 0.717) is 11.2 Å². The van der Waals surface area contributed by atoms with Crippen LogP contribution in [0.3, 0.4) is 0 Å². The first-order valence-corrected chi connectivity index (χ1v) is 4.05. The molecule has 0 aliphatic rings. The number of rotatable bonds is 1. The number of benzene rings is 1. The molecule has 1 aromatic heterocycles. The molecule has 0 unspecified atom stereocenters. The number of carboxylic acids is 1. The van der Waals surface area contributed by atoms with Crippen LogP contribution in [-0.4, -0.2) is 16.1 Å². The molecular weight excluding hydrogens is 180 g/mol. The van der Waals surface area contributed by atoms with E-state index in [2.05, 4.69) is 4.98 Å². The molecule has 3 N–H and O–H groups in total. The Labute approximate surface area is 80.0 Å². The Morgan fingerprint density at radius 1 is 1.36 bits per heavy atom. The van der Waals surface area contributed by atoms with Crippen LogP contribution in [0.2, 0.25) is 0 Å². The van der Waals surface area contributed by atoms with Crippen LogP contribution in [-0.2, 0) is 0 Å². The van der Waals surface area contributed by atoms with Gasteiger partial charge in [-0.25, -0.2) is 4.79 Å². The fourth-order valence-corrected chi connectivity index (χ4v) is 1.27. The van der Waals surface area contributed by atoms with E-state index in [1.165, 1.54) is 18.3 Å². The van der Waals surface area contributed by atoms with Gasteiger partial charge in [-0.15, -0.1) is 0 Å². The lowest BCUT2D eigenvalue weighted by Gasteiger charge is -1.99. The summed E-state index contributed by atoms with van der Waals surface area (Å²) in [5.74, 6) is -0.953. The lowest BCUT2D eigenvalue weighted by atomic mass is 10.1. The van der Waals surface area contributed by atoms with E-state index in [9.17, 15) is 4.79 Å². The van der Waals surface area contributed by atoms with E-state index in [-0.39, 0.29) is 5.56 Å². The molecule has 2 rings (SSSR count). The molecule has 1 heterocycles. The molecule has 0 atom stereocenters. The Bertz CT molecular complexity index is 508. The molecule has 70 valence electrons. The van der Waals surface area contributed by atoms with Gasteiger partial charge in [0.25, 0.3) is 0 Å². The van der Waals surface area contributed by atoms with Gasteiger partial charge in [-0.05, 0) is 18.2 Å². The van der Waals surface area contributed by atoms with E-state index in [1.807, 2.05) is 0 Å². The van der Waals surface area contributed by atoms with Gasteiger partial charge in [0.15, 0.2) is 0 Å². The summed E-state index contributed by atoms with van der Waals surface area (Å²) >= 11 is 0. The number of carbonyl (C=O) groups is 1. The lowest BCUT2D eigenvalue weighted by Crippen LogP contribution is -1.96. The van der Waals surface area contributed by atoms with Crippen LogP contribution in [0.4, 0.5) is 5.69 Å². The standard InChI is InChI=1S/C10H8N2O2/c11-8-3-6-1-2-7(10(13)14)4-9(6)12-5-8/h1-5H,11H2,(H,13,14). The van der Waals surface area contributed by atoms with Crippen molar-refractivity contribution in [1.29, 1.82) is 0 Å². The molecule has 4 nitrogen and oxygen atoms in total. The highest BCUT2D eigenvalue weighted by Crippen LogP contribution is 2.16. The fourth-order valence-electron chi connectivity index (χ4n) is 1.27. The first-order valence-electron chi connectivity index (χ1n) is 4.05. The summed E-state index contributed by atoms with van der Waals surface area (Å²) < 4.78 is 0. The van der Waals surface area contributed by atoms with Crippen molar-refractivity contribution in [3.63, 3.8) is 0 Å². The summed E-state index contributed by atoms with van der Waals surface area (Å²) in [6.45, 7) is 0. The smallest absolute Gasteiger partial charge is 0.335 e. The van der Waals surface area contributed by atoms with Crippen LogP contribution in [0.5, 0.6) is 0 Å². The zero-order valence-electron chi connectivity index (χ0n) is 7.27. The van der Waals surface area contributed by atoms with Gasteiger partial charge in [0.2, 0.25) is 0 Å². The molecule has 0 radical (unpaired) electrons. The molecule has 0 amide bonds. The van der Waals surface area contributed by atoms with Crippen LogP contribution in [0.1, 0.15) is 10.4 Å². The van der Waals surface area contributed by atoms with Crippen molar-refractivity contribution in [3.05, 3.63) is 36.0 Å². The number of fused-ring (bicyclic) bond motifs is 1. The lowest BCUT2D eigenvalue weighted by molar-refractivity contribution is 0.0697. The van der Waals surface area contributed by atoms with Gasteiger partial charge in [0, 0.05) is 5.39 Å². The molecule has 0 bridgehead atoms. The van der Waals surface area contributed by atoms with Gasteiger partial charge >= 0.3 is 5.97 Å². The maximum atomic E-state index is 10.7. The Morgan fingerprint density at radius 2 is 2.14 bits per heavy atom. The third kappa shape index (κ3) is 1.37. The highest BCUT2D eigenvalue weighted by atomic mass is 16.4. The number of nitrogens with zero attached hydrogens (tertiary/aromatic N) is 1. The number of aromatic carboxylic acids is 1. The van der Waals surface area contributed by atoms with Gasteiger partial charge in [-0.3, -0.25) is 4.98 Å². The number of carboxylic acid groups (broad SMARTS) is 1. The summed E-state index contributed by atoms with van der Waals surface area (Å²) in [4.78, 5) is 14.7. The third-order valence-electron chi connectivity index (χ3n) is 1.95. The minimum atomic E-state index is -0.953. The van der Waals surface area contributed by atoms with Crippen LogP contribution >= 0.6 is 0 Å². The molecule has 0 aliphatic carbocycles. The first kappa shape index (κ1) is 8.50. The Balaban J connectivity index is 2.67. The minimum absolute atomic E-state index is 0.231. The van der Waals surface area contributed by atoms with E-state index >= 15 is 0 Å². The second-order valence-corrected chi connectivity index (χ2v) is 2.98. The van der Waals surface area contributed by atoms with Crippen LogP contribution in [0.15, 0.2) is 30.5 Å². The van der Waals surface area contributed by atoms with E-state index in [4.69, 9.17) is 10.8 Å².